The summed E-state index contributed by atoms with van der Waals surface area (Å²) in [6, 6.07) is 24.0. The highest BCUT2D eigenvalue weighted by molar-refractivity contribution is 5.95. The number of ether oxygens (including phenoxy) is 2. The quantitative estimate of drug-likeness (QED) is 0.645. The van der Waals surface area contributed by atoms with Gasteiger partial charge in [0.2, 0.25) is 0 Å². The van der Waals surface area contributed by atoms with Gasteiger partial charge in [0.1, 0.15) is 18.1 Å². The normalized spacial score (nSPS) is 13.0. The molecule has 1 amide bonds. The number of methoxy groups -OCH3 is 1. The van der Waals surface area contributed by atoms with E-state index < -0.39 is 0 Å². The van der Waals surface area contributed by atoms with Gasteiger partial charge in [0.15, 0.2) is 0 Å². The second-order valence-electron chi connectivity index (χ2n) is 6.95. The standard InChI is InChI=1S/C24H23NO3/c1-27-23-14-9-19(24(26)25-21-10-11-21)15-20(23)16-28-22-12-7-18(8-13-22)17-5-3-2-4-6-17/h2-9,12-15,21H,10-11,16H2,1H3,(H,25,26). The van der Waals surface area contributed by atoms with Crippen LogP contribution in [0.5, 0.6) is 11.5 Å². The predicted molar refractivity (Wildman–Crippen MR) is 110 cm³/mol. The van der Waals surface area contributed by atoms with Crippen LogP contribution in [0.15, 0.2) is 72.8 Å². The summed E-state index contributed by atoms with van der Waals surface area (Å²) in [7, 11) is 1.62. The SMILES string of the molecule is COc1ccc(C(=O)NC2CC2)cc1COc1ccc(-c2ccccc2)cc1. The highest BCUT2D eigenvalue weighted by atomic mass is 16.5. The summed E-state index contributed by atoms with van der Waals surface area (Å²) in [4.78, 5) is 12.3. The third-order valence-electron chi connectivity index (χ3n) is 4.81. The molecule has 1 saturated carbocycles. The van der Waals surface area contributed by atoms with Crippen LogP contribution >= 0.6 is 0 Å². The van der Waals surface area contributed by atoms with Crippen LogP contribution in [0.4, 0.5) is 0 Å². The molecule has 142 valence electrons. The van der Waals surface area contributed by atoms with Gasteiger partial charge >= 0.3 is 0 Å². The molecule has 0 bridgehead atoms. The average molecular weight is 373 g/mol. The Balaban J connectivity index is 1.45. The van der Waals surface area contributed by atoms with E-state index in [1.54, 1.807) is 13.2 Å². The molecule has 0 unspecified atom stereocenters. The summed E-state index contributed by atoms with van der Waals surface area (Å²) in [6.45, 7) is 0.332. The first-order valence-electron chi connectivity index (χ1n) is 9.49. The largest absolute Gasteiger partial charge is 0.496 e. The molecule has 1 N–H and O–H groups in total. The topological polar surface area (TPSA) is 47.6 Å². The van der Waals surface area contributed by atoms with E-state index in [9.17, 15) is 4.79 Å². The summed E-state index contributed by atoms with van der Waals surface area (Å²) >= 11 is 0. The Bertz CT molecular complexity index is 947. The van der Waals surface area contributed by atoms with E-state index >= 15 is 0 Å². The number of benzene rings is 3. The first-order chi connectivity index (χ1) is 13.7. The number of carbonyl (C=O) groups excluding carboxylic acids is 1. The van der Waals surface area contributed by atoms with Crippen LogP contribution in [-0.4, -0.2) is 19.1 Å². The predicted octanol–water partition coefficient (Wildman–Crippen LogP) is 4.83. The third kappa shape index (κ3) is 4.34. The number of rotatable bonds is 7. The summed E-state index contributed by atoms with van der Waals surface area (Å²) in [5.41, 5.74) is 3.79. The molecule has 0 aliphatic heterocycles. The lowest BCUT2D eigenvalue weighted by Crippen LogP contribution is -2.25. The first kappa shape index (κ1) is 18.1. The van der Waals surface area contributed by atoms with Crippen LogP contribution in [0.1, 0.15) is 28.8 Å². The van der Waals surface area contributed by atoms with Crippen molar-refractivity contribution in [2.45, 2.75) is 25.5 Å². The van der Waals surface area contributed by atoms with E-state index in [1.807, 2.05) is 54.6 Å². The van der Waals surface area contributed by atoms with Crippen LogP contribution in [-0.2, 0) is 6.61 Å². The minimum absolute atomic E-state index is 0.0429. The lowest BCUT2D eigenvalue weighted by Gasteiger charge is -2.13. The van der Waals surface area contributed by atoms with E-state index in [1.165, 1.54) is 5.56 Å². The van der Waals surface area contributed by atoms with Gasteiger partial charge in [-0.2, -0.15) is 0 Å². The molecule has 0 radical (unpaired) electrons. The molecule has 3 aromatic rings. The van der Waals surface area contributed by atoms with E-state index in [2.05, 4.69) is 17.4 Å². The van der Waals surface area contributed by atoms with Crippen LogP contribution < -0.4 is 14.8 Å². The molecular formula is C24H23NO3. The van der Waals surface area contributed by atoms with Crippen molar-refractivity contribution < 1.29 is 14.3 Å². The fourth-order valence-corrected chi connectivity index (χ4v) is 3.06. The Hall–Kier alpha value is -3.27. The monoisotopic (exact) mass is 373 g/mol. The third-order valence-corrected chi connectivity index (χ3v) is 4.81. The zero-order valence-corrected chi connectivity index (χ0v) is 15.9. The average Bonchev–Trinajstić information content (AvgIpc) is 3.57. The Kier molecular flexibility index (Phi) is 5.29. The summed E-state index contributed by atoms with van der Waals surface area (Å²) < 4.78 is 11.4. The molecule has 1 aliphatic rings. The Labute approximate surface area is 165 Å². The molecule has 3 aromatic carbocycles. The summed E-state index contributed by atoms with van der Waals surface area (Å²) in [6.07, 6.45) is 2.13. The van der Waals surface area contributed by atoms with Crippen molar-refractivity contribution in [1.82, 2.24) is 5.32 Å². The Morgan fingerprint density at radius 3 is 2.36 bits per heavy atom. The van der Waals surface area contributed by atoms with Gasteiger partial charge in [-0.3, -0.25) is 4.79 Å². The number of carbonyl (C=O) groups is 1. The minimum atomic E-state index is -0.0429. The molecule has 4 rings (SSSR count). The smallest absolute Gasteiger partial charge is 0.251 e. The number of amides is 1. The zero-order valence-electron chi connectivity index (χ0n) is 15.9. The Morgan fingerprint density at radius 2 is 1.68 bits per heavy atom. The minimum Gasteiger partial charge on any atom is -0.496 e. The molecule has 4 heteroatoms. The maximum Gasteiger partial charge on any atom is 0.251 e. The van der Waals surface area contributed by atoms with Crippen LogP contribution in [0.3, 0.4) is 0 Å². The van der Waals surface area contributed by atoms with Gasteiger partial charge in [-0.1, -0.05) is 42.5 Å². The molecule has 0 saturated heterocycles. The highest BCUT2D eigenvalue weighted by Crippen LogP contribution is 2.26. The number of nitrogens with one attached hydrogen (secondary N) is 1. The molecule has 0 heterocycles. The van der Waals surface area contributed by atoms with Crippen LogP contribution in [0, 0.1) is 0 Å². The summed E-state index contributed by atoms with van der Waals surface area (Å²) in [5, 5.41) is 3.01. The van der Waals surface area contributed by atoms with Crippen LogP contribution in [0.25, 0.3) is 11.1 Å². The molecule has 28 heavy (non-hydrogen) atoms. The maximum absolute atomic E-state index is 12.3. The van der Waals surface area contributed by atoms with Crippen molar-refractivity contribution in [3.8, 4) is 22.6 Å². The molecule has 0 spiro atoms. The highest BCUT2D eigenvalue weighted by Gasteiger charge is 2.24. The van der Waals surface area contributed by atoms with Crippen molar-refractivity contribution in [1.29, 1.82) is 0 Å². The van der Waals surface area contributed by atoms with E-state index in [-0.39, 0.29) is 5.91 Å². The molecular weight excluding hydrogens is 350 g/mol. The lowest BCUT2D eigenvalue weighted by atomic mass is 10.1. The molecule has 4 nitrogen and oxygen atoms in total. The van der Waals surface area contributed by atoms with Crippen molar-refractivity contribution in [3.05, 3.63) is 83.9 Å². The Morgan fingerprint density at radius 1 is 0.964 bits per heavy atom. The fraction of sp³-hybridized carbons (Fsp3) is 0.208. The first-order valence-corrected chi connectivity index (χ1v) is 9.49. The second kappa shape index (κ2) is 8.17. The van der Waals surface area contributed by atoms with Crippen molar-refractivity contribution in [3.63, 3.8) is 0 Å². The van der Waals surface area contributed by atoms with Gasteiger partial charge in [-0.25, -0.2) is 0 Å². The maximum atomic E-state index is 12.3. The van der Waals surface area contributed by atoms with Gasteiger partial charge in [0, 0.05) is 17.2 Å². The van der Waals surface area contributed by atoms with Crippen LogP contribution in [0.2, 0.25) is 0 Å². The lowest BCUT2D eigenvalue weighted by molar-refractivity contribution is 0.0951. The van der Waals surface area contributed by atoms with Crippen molar-refractivity contribution in [2.24, 2.45) is 0 Å². The summed E-state index contributed by atoms with van der Waals surface area (Å²) in [5.74, 6) is 1.44. The number of hydrogen-bond acceptors (Lipinski definition) is 3. The van der Waals surface area contributed by atoms with E-state index in [0.29, 0.717) is 24.0 Å². The van der Waals surface area contributed by atoms with Crippen molar-refractivity contribution in [2.75, 3.05) is 7.11 Å². The molecule has 1 fully saturated rings. The number of hydrogen-bond donors (Lipinski definition) is 1. The van der Waals surface area contributed by atoms with Gasteiger partial charge in [0.05, 0.1) is 7.11 Å². The van der Waals surface area contributed by atoms with E-state index in [0.717, 1.165) is 29.7 Å². The molecule has 1 aliphatic carbocycles. The second-order valence-corrected chi connectivity index (χ2v) is 6.95. The molecule has 0 atom stereocenters. The zero-order chi connectivity index (χ0) is 19.3. The molecule has 0 aromatic heterocycles. The van der Waals surface area contributed by atoms with Gasteiger partial charge in [0.25, 0.3) is 5.91 Å². The van der Waals surface area contributed by atoms with Crippen molar-refractivity contribution >= 4 is 5.91 Å². The van der Waals surface area contributed by atoms with Gasteiger partial charge in [-0.15, -0.1) is 0 Å². The van der Waals surface area contributed by atoms with Gasteiger partial charge < -0.3 is 14.8 Å². The fourth-order valence-electron chi connectivity index (χ4n) is 3.06. The van der Waals surface area contributed by atoms with Gasteiger partial charge in [-0.05, 0) is 54.3 Å². The van der Waals surface area contributed by atoms with E-state index in [4.69, 9.17) is 9.47 Å².